The molecule has 1 unspecified atom stereocenters. The lowest BCUT2D eigenvalue weighted by atomic mass is 9.92. The second kappa shape index (κ2) is 8.71. The zero-order chi connectivity index (χ0) is 18.3. The van der Waals surface area contributed by atoms with Gasteiger partial charge in [-0.25, -0.2) is 9.59 Å². The van der Waals surface area contributed by atoms with E-state index in [1.165, 1.54) is 0 Å². The standard InChI is InChI=1S/C19H29NO4/c1-7-16(15-11-9-8-10-12-15)14(3)23-17(21)13(2)20-18(22)24-19(4,5)6/h8-14,16H,7H2,1-6H3,(H,20,22)/t13?,14-,16+/m0/s1. The first kappa shape index (κ1) is 20.0. The van der Waals surface area contributed by atoms with Crippen LogP contribution < -0.4 is 5.32 Å². The van der Waals surface area contributed by atoms with Crippen molar-refractivity contribution in [1.29, 1.82) is 0 Å². The number of esters is 1. The van der Waals surface area contributed by atoms with Crippen LogP contribution in [0.1, 0.15) is 59.4 Å². The number of ether oxygens (including phenoxy) is 2. The maximum Gasteiger partial charge on any atom is 0.408 e. The fourth-order valence-corrected chi connectivity index (χ4v) is 2.45. The van der Waals surface area contributed by atoms with Gasteiger partial charge in [-0.1, -0.05) is 37.3 Å². The molecule has 0 saturated heterocycles. The number of hydrogen-bond donors (Lipinski definition) is 1. The predicted octanol–water partition coefficient (Wildman–Crippen LogP) is 4.03. The fourth-order valence-electron chi connectivity index (χ4n) is 2.45. The molecule has 1 amide bonds. The number of carbonyl (C=O) groups is 2. The molecule has 5 nitrogen and oxygen atoms in total. The van der Waals surface area contributed by atoms with E-state index in [1.54, 1.807) is 27.7 Å². The summed E-state index contributed by atoms with van der Waals surface area (Å²) in [4.78, 5) is 23.9. The van der Waals surface area contributed by atoms with Crippen LogP contribution in [0.2, 0.25) is 0 Å². The smallest absolute Gasteiger partial charge is 0.408 e. The molecule has 24 heavy (non-hydrogen) atoms. The van der Waals surface area contributed by atoms with E-state index in [9.17, 15) is 9.59 Å². The molecule has 0 radical (unpaired) electrons. The molecule has 1 N–H and O–H groups in total. The summed E-state index contributed by atoms with van der Waals surface area (Å²) in [5, 5.41) is 2.50. The van der Waals surface area contributed by atoms with Crippen molar-refractivity contribution in [2.24, 2.45) is 0 Å². The Morgan fingerprint density at radius 2 is 1.71 bits per heavy atom. The molecule has 0 saturated carbocycles. The maximum absolute atomic E-state index is 12.2. The Morgan fingerprint density at radius 3 is 2.21 bits per heavy atom. The van der Waals surface area contributed by atoms with Gasteiger partial charge in [0.15, 0.2) is 0 Å². The van der Waals surface area contributed by atoms with Crippen molar-refractivity contribution in [3.63, 3.8) is 0 Å². The highest BCUT2D eigenvalue weighted by Crippen LogP contribution is 2.25. The van der Waals surface area contributed by atoms with Gasteiger partial charge in [-0.2, -0.15) is 0 Å². The molecule has 0 heterocycles. The number of rotatable bonds is 6. The monoisotopic (exact) mass is 335 g/mol. The first-order chi connectivity index (χ1) is 11.1. The SMILES string of the molecule is CC[C@@H](c1ccccc1)[C@H](C)OC(=O)C(C)NC(=O)OC(C)(C)C. The second-order valence-corrected chi connectivity index (χ2v) is 6.94. The largest absolute Gasteiger partial charge is 0.461 e. The third-order valence-electron chi connectivity index (χ3n) is 3.62. The van der Waals surface area contributed by atoms with E-state index in [2.05, 4.69) is 12.2 Å². The summed E-state index contributed by atoms with van der Waals surface area (Å²) in [6.07, 6.45) is -0.0609. The minimum atomic E-state index is -0.768. The molecule has 3 atom stereocenters. The summed E-state index contributed by atoms with van der Waals surface area (Å²) >= 11 is 0. The van der Waals surface area contributed by atoms with Crippen LogP contribution in [0, 0.1) is 0 Å². The highest BCUT2D eigenvalue weighted by molar-refractivity contribution is 5.81. The summed E-state index contributed by atoms with van der Waals surface area (Å²) < 4.78 is 10.7. The van der Waals surface area contributed by atoms with Gasteiger partial charge in [-0.3, -0.25) is 0 Å². The average molecular weight is 335 g/mol. The summed E-state index contributed by atoms with van der Waals surface area (Å²) in [6.45, 7) is 10.8. The van der Waals surface area contributed by atoms with Crippen molar-refractivity contribution in [1.82, 2.24) is 5.32 Å². The quantitative estimate of drug-likeness (QED) is 0.797. The van der Waals surface area contributed by atoms with Crippen LogP contribution in [0.4, 0.5) is 4.79 Å². The summed E-state index contributed by atoms with van der Waals surface area (Å²) in [7, 11) is 0. The molecule has 1 rings (SSSR count). The molecule has 0 aliphatic rings. The number of hydrogen-bond acceptors (Lipinski definition) is 4. The van der Waals surface area contributed by atoms with Gasteiger partial charge in [-0.15, -0.1) is 0 Å². The Kier molecular flexibility index (Phi) is 7.26. The fraction of sp³-hybridized carbons (Fsp3) is 0.579. The van der Waals surface area contributed by atoms with Gasteiger partial charge >= 0.3 is 12.1 Å². The van der Waals surface area contributed by atoms with Crippen molar-refractivity contribution in [3.05, 3.63) is 35.9 Å². The Morgan fingerprint density at radius 1 is 1.12 bits per heavy atom. The summed E-state index contributed by atoms with van der Waals surface area (Å²) in [6, 6.07) is 9.19. The van der Waals surface area contributed by atoms with Crippen molar-refractivity contribution >= 4 is 12.1 Å². The summed E-state index contributed by atoms with van der Waals surface area (Å²) in [5.41, 5.74) is 0.523. The lowest BCUT2D eigenvalue weighted by Crippen LogP contribution is -2.43. The third kappa shape index (κ3) is 6.60. The number of alkyl carbamates (subject to hydrolysis) is 1. The average Bonchev–Trinajstić information content (AvgIpc) is 2.46. The molecule has 0 bridgehead atoms. The number of nitrogens with one attached hydrogen (secondary N) is 1. The maximum atomic E-state index is 12.2. The van der Waals surface area contributed by atoms with E-state index < -0.39 is 23.7 Å². The van der Waals surface area contributed by atoms with Gasteiger partial charge in [-0.05, 0) is 46.6 Å². The first-order valence-electron chi connectivity index (χ1n) is 8.39. The van der Waals surface area contributed by atoms with E-state index >= 15 is 0 Å². The number of carbonyl (C=O) groups excluding carboxylic acids is 2. The summed E-state index contributed by atoms with van der Waals surface area (Å²) in [5.74, 6) is -0.355. The van der Waals surface area contributed by atoms with Gasteiger partial charge < -0.3 is 14.8 Å². The molecule has 0 aromatic heterocycles. The third-order valence-corrected chi connectivity index (χ3v) is 3.62. The molecule has 0 fully saturated rings. The van der Waals surface area contributed by atoms with E-state index in [0.717, 1.165) is 12.0 Å². The van der Waals surface area contributed by atoms with Crippen molar-refractivity contribution in [2.75, 3.05) is 0 Å². The zero-order valence-corrected chi connectivity index (χ0v) is 15.5. The van der Waals surface area contributed by atoms with Crippen LogP contribution >= 0.6 is 0 Å². The molecular formula is C19H29NO4. The van der Waals surface area contributed by atoms with Crippen molar-refractivity contribution in [2.45, 2.75) is 71.6 Å². The highest BCUT2D eigenvalue weighted by Gasteiger charge is 2.26. The van der Waals surface area contributed by atoms with E-state index in [4.69, 9.17) is 9.47 Å². The lowest BCUT2D eigenvalue weighted by Gasteiger charge is -2.25. The second-order valence-electron chi connectivity index (χ2n) is 6.94. The van der Waals surface area contributed by atoms with Crippen LogP contribution in [0.25, 0.3) is 0 Å². The van der Waals surface area contributed by atoms with Gasteiger partial charge in [0.2, 0.25) is 0 Å². The van der Waals surface area contributed by atoms with Crippen molar-refractivity contribution < 1.29 is 19.1 Å². The highest BCUT2D eigenvalue weighted by atomic mass is 16.6. The Hall–Kier alpha value is -2.04. The molecule has 134 valence electrons. The van der Waals surface area contributed by atoms with Crippen LogP contribution in [-0.4, -0.2) is 29.8 Å². The molecule has 0 spiro atoms. The van der Waals surface area contributed by atoms with Crippen molar-refractivity contribution in [3.8, 4) is 0 Å². The minimum absolute atomic E-state index is 0.115. The molecule has 1 aromatic carbocycles. The van der Waals surface area contributed by atoms with Crippen LogP contribution in [0.5, 0.6) is 0 Å². The first-order valence-corrected chi connectivity index (χ1v) is 8.39. The molecule has 5 heteroatoms. The Bertz CT molecular complexity index is 536. The van der Waals surface area contributed by atoms with Gasteiger partial charge in [0.1, 0.15) is 17.7 Å². The van der Waals surface area contributed by atoms with Crippen LogP contribution in [0.15, 0.2) is 30.3 Å². The van der Waals surface area contributed by atoms with Crippen LogP contribution in [0.3, 0.4) is 0 Å². The molecule has 0 aliphatic carbocycles. The molecule has 1 aromatic rings. The van der Waals surface area contributed by atoms with E-state index in [1.807, 2.05) is 37.3 Å². The topological polar surface area (TPSA) is 64.6 Å². The Balaban J connectivity index is 2.60. The van der Waals surface area contributed by atoms with Crippen LogP contribution in [-0.2, 0) is 14.3 Å². The minimum Gasteiger partial charge on any atom is -0.461 e. The predicted molar refractivity (Wildman–Crippen MR) is 93.9 cm³/mol. The van der Waals surface area contributed by atoms with E-state index in [-0.39, 0.29) is 12.0 Å². The molecule has 0 aliphatic heterocycles. The van der Waals surface area contributed by atoms with E-state index in [0.29, 0.717) is 0 Å². The number of benzene rings is 1. The van der Waals surface area contributed by atoms with Gasteiger partial charge in [0, 0.05) is 5.92 Å². The normalized spacial score (nSPS) is 15.1. The lowest BCUT2D eigenvalue weighted by molar-refractivity contribution is -0.151. The van der Waals surface area contributed by atoms with Gasteiger partial charge in [0.25, 0.3) is 0 Å². The molecular weight excluding hydrogens is 306 g/mol. The Labute approximate surface area is 144 Å². The van der Waals surface area contributed by atoms with Gasteiger partial charge in [0.05, 0.1) is 0 Å². The zero-order valence-electron chi connectivity index (χ0n) is 15.5. The number of amides is 1.